The smallest absolute Gasteiger partial charge is 0.462 e. The van der Waals surface area contributed by atoms with E-state index in [2.05, 4.69) is 6.92 Å². The molecule has 0 heterocycles. The standard InChI is InChI=1S/C34H66NO9P/c1-5-6-7-8-9-10-11-12-13-14-16-19-22-25-33(37)41-30-32(31-43-45(39,40)42-29-27-35(2,3)4)44-34(38)26-23-20-17-15-18-21-24-28-36/h28,32H,5-27,29-31H2,1-4H3/p+1/t32-/m1/s1. The van der Waals surface area contributed by atoms with Gasteiger partial charge in [0.25, 0.3) is 0 Å². The Kier molecular flexibility index (Phi) is 28.0. The van der Waals surface area contributed by atoms with E-state index in [1.807, 2.05) is 21.1 Å². The highest BCUT2D eigenvalue weighted by atomic mass is 31.2. The fraction of sp³-hybridized carbons (Fsp3) is 0.912. The molecule has 1 unspecified atom stereocenters. The zero-order valence-electron chi connectivity index (χ0n) is 29.1. The number of likely N-dealkylation sites (N-methyl/N-ethyl adjacent to an activating group) is 1. The van der Waals surface area contributed by atoms with Crippen molar-refractivity contribution in [3.8, 4) is 0 Å². The van der Waals surface area contributed by atoms with Gasteiger partial charge in [-0.2, -0.15) is 0 Å². The normalized spacial score (nSPS) is 13.7. The first-order chi connectivity index (χ1) is 21.5. The lowest BCUT2D eigenvalue weighted by Gasteiger charge is -2.24. The topological polar surface area (TPSA) is 125 Å². The molecule has 0 aromatic rings. The molecular formula is C34H67NO9P+. The summed E-state index contributed by atoms with van der Waals surface area (Å²) in [6.45, 7) is 2.09. The quantitative estimate of drug-likeness (QED) is 0.0244. The maximum absolute atomic E-state index is 12.5. The molecule has 0 rings (SSSR count). The summed E-state index contributed by atoms with van der Waals surface area (Å²) in [4.78, 5) is 45.3. The van der Waals surface area contributed by atoms with Crippen molar-refractivity contribution in [2.45, 2.75) is 154 Å². The number of hydrogen-bond donors (Lipinski definition) is 1. The lowest BCUT2D eigenvalue weighted by molar-refractivity contribution is -0.870. The molecular weight excluding hydrogens is 597 g/mol. The summed E-state index contributed by atoms with van der Waals surface area (Å²) in [5, 5.41) is 0. The number of aldehydes is 1. The molecule has 0 amide bonds. The summed E-state index contributed by atoms with van der Waals surface area (Å²) in [7, 11) is 1.43. The number of hydrogen-bond acceptors (Lipinski definition) is 8. The van der Waals surface area contributed by atoms with Crippen molar-refractivity contribution < 1.29 is 46.8 Å². The molecule has 2 atom stereocenters. The Balaban J connectivity index is 4.40. The van der Waals surface area contributed by atoms with Gasteiger partial charge in [-0.25, -0.2) is 4.57 Å². The SMILES string of the molecule is CCCCCCCCCCCCCCCC(=O)OC[C@H](COP(=O)(O)OCC[N+](C)(C)C)OC(=O)CCCCCCCCC=O. The lowest BCUT2D eigenvalue weighted by atomic mass is 10.0. The van der Waals surface area contributed by atoms with Crippen LogP contribution in [-0.4, -0.2) is 81.2 Å². The van der Waals surface area contributed by atoms with Crippen LogP contribution in [0.25, 0.3) is 0 Å². The summed E-state index contributed by atoms with van der Waals surface area (Å²) < 4.78 is 33.9. The van der Waals surface area contributed by atoms with Crippen molar-refractivity contribution in [2.75, 3.05) is 47.5 Å². The van der Waals surface area contributed by atoms with Gasteiger partial charge in [0.05, 0.1) is 27.7 Å². The van der Waals surface area contributed by atoms with Crippen LogP contribution in [0.15, 0.2) is 0 Å². The molecule has 1 N–H and O–H groups in total. The zero-order valence-corrected chi connectivity index (χ0v) is 30.0. The highest BCUT2D eigenvalue weighted by Gasteiger charge is 2.27. The second-order valence-electron chi connectivity index (χ2n) is 13.2. The van der Waals surface area contributed by atoms with Crippen LogP contribution in [0.3, 0.4) is 0 Å². The zero-order chi connectivity index (χ0) is 33.7. The Morgan fingerprint density at radius 1 is 0.689 bits per heavy atom. The first kappa shape index (κ1) is 43.7. The van der Waals surface area contributed by atoms with Crippen LogP contribution in [-0.2, 0) is 37.5 Å². The van der Waals surface area contributed by atoms with Gasteiger partial charge in [-0.15, -0.1) is 0 Å². The average Bonchev–Trinajstić information content (AvgIpc) is 2.97. The maximum atomic E-state index is 12.5. The van der Waals surface area contributed by atoms with E-state index in [0.29, 0.717) is 23.9 Å². The van der Waals surface area contributed by atoms with Crippen molar-refractivity contribution >= 4 is 26.0 Å². The van der Waals surface area contributed by atoms with Crippen LogP contribution in [0.1, 0.15) is 148 Å². The third kappa shape index (κ3) is 32.4. The van der Waals surface area contributed by atoms with Crippen LogP contribution in [0.4, 0.5) is 0 Å². The van der Waals surface area contributed by atoms with E-state index in [0.717, 1.165) is 57.7 Å². The second-order valence-corrected chi connectivity index (χ2v) is 14.7. The number of ether oxygens (including phenoxy) is 2. The van der Waals surface area contributed by atoms with Gasteiger partial charge >= 0.3 is 19.8 Å². The molecule has 266 valence electrons. The minimum atomic E-state index is -4.37. The molecule has 0 saturated heterocycles. The molecule has 0 fully saturated rings. The highest BCUT2D eigenvalue weighted by molar-refractivity contribution is 7.47. The summed E-state index contributed by atoms with van der Waals surface area (Å²) >= 11 is 0. The number of rotatable bonds is 33. The van der Waals surface area contributed by atoms with E-state index in [1.165, 1.54) is 64.2 Å². The van der Waals surface area contributed by atoms with Crippen molar-refractivity contribution in [3.63, 3.8) is 0 Å². The van der Waals surface area contributed by atoms with Crippen molar-refractivity contribution in [1.29, 1.82) is 0 Å². The number of quaternary nitrogens is 1. The Hall–Kier alpha value is -1.32. The average molecular weight is 665 g/mol. The van der Waals surface area contributed by atoms with Crippen LogP contribution in [0.5, 0.6) is 0 Å². The van der Waals surface area contributed by atoms with E-state index in [1.54, 1.807) is 0 Å². The molecule has 10 nitrogen and oxygen atoms in total. The minimum Gasteiger partial charge on any atom is -0.462 e. The minimum absolute atomic E-state index is 0.0188. The number of unbranched alkanes of at least 4 members (excludes halogenated alkanes) is 18. The van der Waals surface area contributed by atoms with E-state index >= 15 is 0 Å². The lowest BCUT2D eigenvalue weighted by Crippen LogP contribution is -2.37. The van der Waals surface area contributed by atoms with Gasteiger partial charge in [-0.1, -0.05) is 110 Å². The Morgan fingerprint density at radius 3 is 1.64 bits per heavy atom. The molecule has 0 spiro atoms. The van der Waals surface area contributed by atoms with Crippen LogP contribution in [0, 0.1) is 0 Å². The highest BCUT2D eigenvalue weighted by Crippen LogP contribution is 2.43. The predicted molar refractivity (Wildman–Crippen MR) is 179 cm³/mol. The fourth-order valence-corrected chi connectivity index (χ4v) is 5.50. The van der Waals surface area contributed by atoms with E-state index in [-0.39, 0.29) is 32.0 Å². The van der Waals surface area contributed by atoms with Gasteiger partial charge in [-0.05, 0) is 19.3 Å². The van der Waals surface area contributed by atoms with Crippen molar-refractivity contribution in [3.05, 3.63) is 0 Å². The van der Waals surface area contributed by atoms with Crippen LogP contribution < -0.4 is 0 Å². The molecule has 0 aromatic heterocycles. The molecule has 0 aliphatic heterocycles. The number of carbonyl (C=O) groups is 3. The molecule has 0 radical (unpaired) electrons. The van der Waals surface area contributed by atoms with Gasteiger partial charge in [0, 0.05) is 19.3 Å². The molecule has 11 heteroatoms. The van der Waals surface area contributed by atoms with E-state index in [4.69, 9.17) is 18.5 Å². The van der Waals surface area contributed by atoms with Crippen LogP contribution >= 0.6 is 7.82 Å². The third-order valence-electron chi connectivity index (χ3n) is 7.61. The number of nitrogens with zero attached hydrogens (tertiary/aromatic N) is 1. The van der Waals surface area contributed by atoms with Gasteiger partial charge in [0.15, 0.2) is 6.10 Å². The molecule has 45 heavy (non-hydrogen) atoms. The summed E-state index contributed by atoms with van der Waals surface area (Å²) in [6, 6.07) is 0. The number of phosphoric acid groups is 1. The second kappa shape index (κ2) is 28.9. The van der Waals surface area contributed by atoms with Gasteiger partial charge in [0.2, 0.25) is 0 Å². The van der Waals surface area contributed by atoms with Gasteiger partial charge in [0.1, 0.15) is 26.0 Å². The Morgan fingerprint density at radius 2 is 1.16 bits per heavy atom. The Labute approximate surface area is 274 Å². The van der Waals surface area contributed by atoms with Crippen molar-refractivity contribution in [2.24, 2.45) is 0 Å². The molecule has 0 saturated carbocycles. The third-order valence-corrected chi connectivity index (χ3v) is 8.59. The predicted octanol–water partition coefficient (Wildman–Crippen LogP) is 8.08. The monoisotopic (exact) mass is 664 g/mol. The summed E-state index contributed by atoms with van der Waals surface area (Å²) in [5.74, 6) is -0.865. The molecule has 0 aliphatic carbocycles. The number of phosphoric ester groups is 1. The molecule has 0 aliphatic rings. The van der Waals surface area contributed by atoms with E-state index in [9.17, 15) is 23.8 Å². The molecule has 0 bridgehead atoms. The first-order valence-corrected chi connectivity index (χ1v) is 19.2. The summed E-state index contributed by atoms with van der Waals surface area (Å²) in [5.41, 5.74) is 0. The largest absolute Gasteiger partial charge is 0.472 e. The summed E-state index contributed by atoms with van der Waals surface area (Å²) in [6.07, 6.45) is 22.2. The maximum Gasteiger partial charge on any atom is 0.472 e. The van der Waals surface area contributed by atoms with E-state index < -0.39 is 26.5 Å². The number of carbonyl (C=O) groups excluding carboxylic acids is 3. The van der Waals surface area contributed by atoms with Gasteiger partial charge < -0.3 is 23.6 Å². The van der Waals surface area contributed by atoms with Gasteiger partial charge in [-0.3, -0.25) is 18.6 Å². The van der Waals surface area contributed by atoms with Crippen molar-refractivity contribution in [1.82, 2.24) is 0 Å². The number of esters is 2. The molecule has 0 aromatic carbocycles. The fourth-order valence-electron chi connectivity index (χ4n) is 4.75. The van der Waals surface area contributed by atoms with Crippen LogP contribution in [0.2, 0.25) is 0 Å². The first-order valence-electron chi connectivity index (χ1n) is 17.7. The Bertz CT molecular complexity index is 788.